The summed E-state index contributed by atoms with van der Waals surface area (Å²) in [5.41, 5.74) is 7.39. The van der Waals surface area contributed by atoms with Crippen LogP contribution in [0.1, 0.15) is 22.8 Å². The molecule has 0 spiro atoms. The van der Waals surface area contributed by atoms with Crippen LogP contribution in [0.15, 0.2) is 48.5 Å². The lowest BCUT2D eigenvalue weighted by atomic mass is 9.98. The van der Waals surface area contributed by atoms with Crippen LogP contribution in [0.3, 0.4) is 0 Å². The number of aromatic carboxylic acids is 1. The Hall–Kier alpha value is -2.70. The summed E-state index contributed by atoms with van der Waals surface area (Å²) in [7, 11) is 0. The van der Waals surface area contributed by atoms with Crippen molar-refractivity contribution in [3.8, 4) is 11.1 Å². The average Bonchev–Trinajstić information content (AvgIpc) is 2.62. The Morgan fingerprint density at radius 2 is 1.88 bits per heavy atom. The molecule has 3 rings (SSSR count). The second-order valence-corrected chi connectivity index (χ2v) is 6.70. The Kier molecular flexibility index (Phi) is 5.06. The van der Waals surface area contributed by atoms with Gasteiger partial charge in [0.25, 0.3) is 5.91 Å². The van der Waals surface area contributed by atoms with Crippen LogP contribution in [-0.2, 0) is 16.1 Å². The number of carboxylic acid groups (broad SMARTS) is 1. The normalized spacial score (nSPS) is 20.7. The zero-order chi connectivity index (χ0) is 18.7. The fourth-order valence-corrected chi connectivity index (χ4v) is 3.20. The van der Waals surface area contributed by atoms with Gasteiger partial charge in [-0.05, 0) is 29.7 Å². The number of ether oxygens (including phenoxy) is 1. The lowest BCUT2D eigenvalue weighted by Crippen LogP contribution is -2.56. The van der Waals surface area contributed by atoms with Gasteiger partial charge in [0, 0.05) is 19.6 Å². The van der Waals surface area contributed by atoms with Gasteiger partial charge in [-0.2, -0.15) is 0 Å². The first kappa shape index (κ1) is 18.1. The number of amides is 1. The molecule has 0 saturated carbocycles. The molecule has 3 N–H and O–H groups in total. The Balaban J connectivity index is 1.75. The van der Waals surface area contributed by atoms with Crippen LogP contribution in [0.4, 0.5) is 0 Å². The smallest absolute Gasteiger partial charge is 0.336 e. The summed E-state index contributed by atoms with van der Waals surface area (Å²) < 4.78 is 5.54. The number of nitrogens with two attached hydrogens (primary N) is 1. The molecule has 2 aromatic rings. The first-order valence-corrected chi connectivity index (χ1v) is 8.47. The van der Waals surface area contributed by atoms with E-state index in [0.29, 0.717) is 25.3 Å². The first-order valence-electron chi connectivity index (χ1n) is 8.47. The molecule has 6 heteroatoms. The zero-order valence-electron chi connectivity index (χ0n) is 14.6. The molecule has 1 atom stereocenters. The standard InChI is InChI=1S/C20H22N2O4/c1-20(19(21)25)13-22(10-11-26-20)12-14-6-8-15(9-7-14)16-4-2-3-5-17(16)18(23)24/h2-9H,10-13H2,1H3,(H2,21,25)(H,23,24)/t20-/m0/s1. The topological polar surface area (TPSA) is 92.9 Å². The van der Waals surface area contributed by atoms with Gasteiger partial charge in [-0.3, -0.25) is 9.69 Å². The number of carboxylic acids is 1. The molecule has 0 unspecified atom stereocenters. The van der Waals surface area contributed by atoms with Gasteiger partial charge >= 0.3 is 5.97 Å². The molecule has 26 heavy (non-hydrogen) atoms. The van der Waals surface area contributed by atoms with Gasteiger partial charge in [-0.1, -0.05) is 42.5 Å². The van der Waals surface area contributed by atoms with Gasteiger partial charge in [0.05, 0.1) is 12.2 Å². The van der Waals surface area contributed by atoms with Crippen molar-refractivity contribution in [2.45, 2.75) is 19.1 Å². The maximum absolute atomic E-state index is 11.6. The van der Waals surface area contributed by atoms with Crippen LogP contribution >= 0.6 is 0 Å². The van der Waals surface area contributed by atoms with E-state index in [1.165, 1.54) is 0 Å². The molecule has 136 valence electrons. The zero-order valence-corrected chi connectivity index (χ0v) is 14.6. The monoisotopic (exact) mass is 354 g/mol. The van der Waals surface area contributed by atoms with Gasteiger partial charge in [0.2, 0.25) is 0 Å². The van der Waals surface area contributed by atoms with Crippen molar-refractivity contribution in [1.29, 1.82) is 0 Å². The summed E-state index contributed by atoms with van der Waals surface area (Å²) in [4.78, 5) is 25.1. The third-order valence-corrected chi connectivity index (χ3v) is 4.70. The van der Waals surface area contributed by atoms with Gasteiger partial charge in [0.1, 0.15) is 0 Å². The molecule has 1 amide bonds. The number of nitrogens with zero attached hydrogens (tertiary/aromatic N) is 1. The van der Waals surface area contributed by atoms with E-state index in [9.17, 15) is 14.7 Å². The van der Waals surface area contributed by atoms with Crippen LogP contribution in [-0.4, -0.2) is 47.2 Å². The van der Waals surface area contributed by atoms with Crippen LogP contribution in [0.5, 0.6) is 0 Å². The van der Waals surface area contributed by atoms with E-state index in [4.69, 9.17) is 10.5 Å². The predicted octanol–water partition coefficient (Wildman–Crippen LogP) is 2.13. The summed E-state index contributed by atoms with van der Waals surface area (Å²) in [6, 6.07) is 14.7. The minimum atomic E-state index is -0.960. The lowest BCUT2D eigenvalue weighted by Gasteiger charge is -2.38. The van der Waals surface area contributed by atoms with E-state index in [0.717, 1.165) is 17.7 Å². The molecule has 1 saturated heterocycles. The van der Waals surface area contributed by atoms with E-state index in [1.54, 1.807) is 25.1 Å². The van der Waals surface area contributed by atoms with E-state index in [2.05, 4.69) is 4.90 Å². The number of benzene rings is 2. The number of carbonyl (C=O) groups excluding carboxylic acids is 1. The fourth-order valence-electron chi connectivity index (χ4n) is 3.20. The van der Waals surface area contributed by atoms with Crippen LogP contribution in [0.2, 0.25) is 0 Å². The van der Waals surface area contributed by atoms with Crippen LogP contribution < -0.4 is 5.73 Å². The van der Waals surface area contributed by atoms with Gasteiger partial charge in [-0.15, -0.1) is 0 Å². The Bertz CT molecular complexity index is 819. The second-order valence-electron chi connectivity index (χ2n) is 6.70. The van der Waals surface area contributed by atoms with Crippen molar-refractivity contribution >= 4 is 11.9 Å². The molecular weight excluding hydrogens is 332 g/mol. The number of morpholine rings is 1. The lowest BCUT2D eigenvalue weighted by molar-refractivity contribution is -0.153. The summed E-state index contributed by atoms with van der Waals surface area (Å²) >= 11 is 0. The number of rotatable bonds is 5. The molecule has 0 aliphatic carbocycles. The third kappa shape index (κ3) is 3.76. The molecule has 0 radical (unpaired) electrons. The van der Waals surface area contributed by atoms with E-state index in [1.807, 2.05) is 30.3 Å². The number of primary amides is 1. The summed E-state index contributed by atoms with van der Waals surface area (Å²) in [5.74, 6) is -1.40. The van der Waals surface area contributed by atoms with Crippen molar-refractivity contribution in [2.24, 2.45) is 5.73 Å². The Morgan fingerprint density at radius 1 is 1.19 bits per heavy atom. The summed E-state index contributed by atoms with van der Waals surface area (Å²) in [6.45, 7) is 4.03. The van der Waals surface area contributed by atoms with Crippen molar-refractivity contribution < 1.29 is 19.4 Å². The molecule has 6 nitrogen and oxygen atoms in total. The van der Waals surface area contributed by atoms with Gasteiger partial charge in [-0.25, -0.2) is 4.79 Å². The van der Waals surface area contributed by atoms with Crippen LogP contribution in [0, 0.1) is 0 Å². The molecule has 1 fully saturated rings. The van der Waals surface area contributed by atoms with E-state index < -0.39 is 17.5 Å². The molecule has 2 aromatic carbocycles. The number of hydrogen-bond donors (Lipinski definition) is 2. The van der Waals surface area contributed by atoms with Crippen LogP contribution in [0.25, 0.3) is 11.1 Å². The second kappa shape index (κ2) is 7.27. The quantitative estimate of drug-likeness (QED) is 0.858. The Labute approximate surface area is 152 Å². The van der Waals surface area contributed by atoms with Gasteiger partial charge < -0.3 is 15.6 Å². The number of carbonyl (C=O) groups is 2. The number of hydrogen-bond acceptors (Lipinski definition) is 4. The first-order chi connectivity index (χ1) is 12.4. The van der Waals surface area contributed by atoms with Crippen molar-refractivity contribution in [1.82, 2.24) is 4.90 Å². The summed E-state index contributed by atoms with van der Waals surface area (Å²) in [5, 5.41) is 9.34. The Morgan fingerprint density at radius 3 is 2.54 bits per heavy atom. The predicted molar refractivity (Wildman–Crippen MR) is 97.7 cm³/mol. The third-order valence-electron chi connectivity index (χ3n) is 4.70. The maximum Gasteiger partial charge on any atom is 0.336 e. The highest BCUT2D eigenvalue weighted by atomic mass is 16.5. The highest BCUT2D eigenvalue weighted by Gasteiger charge is 2.37. The summed E-state index contributed by atoms with van der Waals surface area (Å²) in [6.07, 6.45) is 0. The highest BCUT2D eigenvalue weighted by molar-refractivity contribution is 5.96. The fraction of sp³-hybridized carbons (Fsp3) is 0.300. The van der Waals surface area contributed by atoms with Gasteiger partial charge in [0.15, 0.2) is 5.60 Å². The van der Waals surface area contributed by atoms with E-state index in [-0.39, 0.29) is 5.56 Å². The van der Waals surface area contributed by atoms with E-state index >= 15 is 0 Å². The molecular formula is C20H22N2O4. The average molecular weight is 354 g/mol. The SMILES string of the molecule is C[C@@]1(C(N)=O)CN(Cc2ccc(-c3ccccc3C(=O)O)cc2)CCO1. The minimum Gasteiger partial charge on any atom is -0.478 e. The molecule has 1 aliphatic rings. The maximum atomic E-state index is 11.6. The molecule has 0 aromatic heterocycles. The van der Waals surface area contributed by atoms with Crippen molar-refractivity contribution in [3.05, 3.63) is 59.7 Å². The van der Waals surface area contributed by atoms with Crippen molar-refractivity contribution in [2.75, 3.05) is 19.7 Å². The molecule has 0 bridgehead atoms. The minimum absolute atomic E-state index is 0.283. The highest BCUT2D eigenvalue weighted by Crippen LogP contribution is 2.25. The largest absolute Gasteiger partial charge is 0.478 e. The van der Waals surface area contributed by atoms with Crippen molar-refractivity contribution in [3.63, 3.8) is 0 Å². The molecule has 1 heterocycles. The molecule has 1 aliphatic heterocycles.